The number of halogens is 1. The fourth-order valence-corrected chi connectivity index (χ4v) is 1.73. The summed E-state index contributed by atoms with van der Waals surface area (Å²) in [6.07, 6.45) is 0. The summed E-state index contributed by atoms with van der Waals surface area (Å²) in [6.45, 7) is 0.427. The molecule has 19 heavy (non-hydrogen) atoms. The quantitative estimate of drug-likeness (QED) is 0.787. The SMILES string of the molecule is COCc1ccc(C(=O)OCc2ccccc2Cl)o1. The van der Waals surface area contributed by atoms with Crippen molar-refractivity contribution in [3.05, 3.63) is 58.5 Å². The van der Waals surface area contributed by atoms with Crippen LogP contribution in [0.4, 0.5) is 0 Å². The van der Waals surface area contributed by atoms with Gasteiger partial charge in [-0.3, -0.25) is 0 Å². The van der Waals surface area contributed by atoms with E-state index in [9.17, 15) is 4.79 Å². The summed E-state index contributed by atoms with van der Waals surface area (Å²) in [6, 6.07) is 10.4. The van der Waals surface area contributed by atoms with Gasteiger partial charge in [0, 0.05) is 17.7 Å². The lowest BCUT2D eigenvalue weighted by molar-refractivity contribution is 0.0430. The third-order valence-corrected chi connectivity index (χ3v) is 2.83. The van der Waals surface area contributed by atoms with Gasteiger partial charge in [-0.1, -0.05) is 29.8 Å². The van der Waals surface area contributed by atoms with Crippen molar-refractivity contribution in [2.24, 2.45) is 0 Å². The van der Waals surface area contributed by atoms with Gasteiger partial charge in [-0.15, -0.1) is 0 Å². The van der Waals surface area contributed by atoms with Crippen LogP contribution in [0.2, 0.25) is 5.02 Å². The van der Waals surface area contributed by atoms with Crippen molar-refractivity contribution < 1.29 is 18.7 Å². The molecular formula is C14H13ClO4. The minimum Gasteiger partial charge on any atom is -0.455 e. The molecule has 0 saturated heterocycles. The van der Waals surface area contributed by atoms with Crippen molar-refractivity contribution in [3.8, 4) is 0 Å². The highest BCUT2D eigenvalue weighted by molar-refractivity contribution is 6.31. The summed E-state index contributed by atoms with van der Waals surface area (Å²) >= 11 is 5.97. The molecule has 0 atom stereocenters. The van der Waals surface area contributed by atoms with Gasteiger partial charge in [0.25, 0.3) is 0 Å². The average Bonchev–Trinajstić information content (AvgIpc) is 2.87. The minimum absolute atomic E-state index is 0.110. The van der Waals surface area contributed by atoms with Crippen LogP contribution >= 0.6 is 11.6 Å². The molecule has 0 fully saturated rings. The lowest BCUT2D eigenvalue weighted by Gasteiger charge is -2.04. The van der Waals surface area contributed by atoms with Crippen LogP contribution < -0.4 is 0 Å². The van der Waals surface area contributed by atoms with Gasteiger partial charge in [-0.25, -0.2) is 4.79 Å². The molecule has 0 aliphatic carbocycles. The number of carbonyl (C=O) groups is 1. The van der Waals surface area contributed by atoms with Gasteiger partial charge in [0.1, 0.15) is 19.0 Å². The van der Waals surface area contributed by atoms with Crippen LogP contribution in [0.15, 0.2) is 40.8 Å². The van der Waals surface area contributed by atoms with E-state index < -0.39 is 5.97 Å². The van der Waals surface area contributed by atoms with Crippen molar-refractivity contribution in [1.29, 1.82) is 0 Å². The number of benzene rings is 1. The van der Waals surface area contributed by atoms with E-state index in [2.05, 4.69) is 0 Å². The maximum absolute atomic E-state index is 11.7. The predicted octanol–water partition coefficient (Wildman–Crippen LogP) is 3.44. The predicted molar refractivity (Wildman–Crippen MR) is 70.0 cm³/mol. The molecule has 0 bridgehead atoms. The molecule has 1 aromatic carbocycles. The smallest absolute Gasteiger partial charge is 0.374 e. The van der Waals surface area contributed by atoms with E-state index in [0.29, 0.717) is 17.4 Å². The van der Waals surface area contributed by atoms with Gasteiger partial charge in [0.2, 0.25) is 5.76 Å². The van der Waals surface area contributed by atoms with Crippen molar-refractivity contribution in [1.82, 2.24) is 0 Å². The molecule has 2 aromatic rings. The van der Waals surface area contributed by atoms with E-state index in [1.165, 1.54) is 0 Å². The number of hydrogen-bond donors (Lipinski definition) is 0. The third-order valence-electron chi connectivity index (χ3n) is 2.47. The Balaban J connectivity index is 1.95. The van der Waals surface area contributed by atoms with Crippen molar-refractivity contribution in [2.45, 2.75) is 13.2 Å². The largest absolute Gasteiger partial charge is 0.455 e. The highest BCUT2D eigenvalue weighted by Gasteiger charge is 2.13. The molecule has 100 valence electrons. The lowest BCUT2D eigenvalue weighted by atomic mass is 10.2. The molecule has 0 saturated carbocycles. The molecule has 1 heterocycles. The summed E-state index contributed by atoms with van der Waals surface area (Å²) in [5.41, 5.74) is 0.751. The number of rotatable bonds is 5. The van der Waals surface area contributed by atoms with Crippen LogP contribution in [0.5, 0.6) is 0 Å². The Bertz CT molecular complexity index is 562. The Morgan fingerprint density at radius 2 is 2.00 bits per heavy atom. The molecule has 0 unspecified atom stereocenters. The standard InChI is InChI=1S/C14H13ClO4/c1-17-9-11-6-7-13(19-11)14(16)18-8-10-4-2-3-5-12(10)15/h2-7H,8-9H2,1H3. The second kappa shape index (κ2) is 6.41. The molecule has 0 aliphatic heterocycles. The van der Waals surface area contributed by atoms with Gasteiger partial charge >= 0.3 is 5.97 Å². The topological polar surface area (TPSA) is 48.7 Å². The molecule has 5 heteroatoms. The molecular weight excluding hydrogens is 268 g/mol. The lowest BCUT2D eigenvalue weighted by Crippen LogP contribution is -2.04. The van der Waals surface area contributed by atoms with E-state index in [-0.39, 0.29) is 12.4 Å². The van der Waals surface area contributed by atoms with E-state index in [1.54, 1.807) is 31.4 Å². The first kappa shape index (κ1) is 13.6. The number of furan rings is 1. The van der Waals surface area contributed by atoms with Gasteiger partial charge in [-0.05, 0) is 18.2 Å². The van der Waals surface area contributed by atoms with Crippen molar-refractivity contribution in [2.75, 3.05) is 7.11 Å². The highest BCUT2D eigenvalue weighted by Crippen LogP contribution is 2.17. The minimum atomic E-state index is -0.526. The molecule has 0 spiro atoms. The average molecular weight is 281 g/mol. The van der Waals surface area contributed by atoms with E-state index in [4.69, 9.17) is 25.5 Å². The van der Waals surface area contributed by atoms with Crippen LogP contribution in [-0.2, 0) is 22.7 Å². The summed E-state index contributed by atoms with van der Waals surface area (Å²) < 4.78 is 15.3. The third kappa shape index (κ3) is 3.59. The summed E-state index contributed by atoms with van der Waals surface area (Å²) in [7, 11) is 1.55. The van der Waals surface area contributed by atoms with Crippen molar-refractivity contribution >= 4 is 17.6 Å². The summed E-state index contributed by atoms with van der Waals surface area (Å²) in [5.74, 6) is 0.202. The van der Waals surface area contributed by atoms with E-state index in [0.717, 1.165) is 5.56 Å². The first-order valence-corrected chi connectivity index (χ1v) is 6.06. The van der Waals surface area contributed by atoms with Crippen LogP contribution in [-0.4, -0.2) is 13.1 Å². The number of ether oxygens (including phenoxy) is 2. The molecule has 0 amide bonds. The molecule has 0 radical (unpaired) electrons. The Morgan fingerprint density at radius 1 is 1.21 bits per heavy atom. The van der Waals surface area contributed by atoms with Crippen LogP contribution in [0.25, 0.3) is 0 Å². The normalized spacial score (nSPS) is 10.4. The second-order valence-electron chi connectivity index (χ2n) is 3.87. The monoisotopic (exact) mass is 280 g/mol. The number of methoxy groups -OCH3 is 1. The fraction of sp³-hybridized carbons (Fsp3) is 0.214. The number of hydrogen-bond acceptors (Lipinski definition) is 4. The zero-order chi connectivity index (χ0) is 13.7. The number of esters is 1. The van der Waals surface area contributed by atoms with Gasteiger partial charge in [-0.2, -0.15) is 0 Å². The maximum Gasteiger partial charge on any atom is 0.374 e. The first-order chi connectivity index (χ1) is 9.20. The van der Waals surface area contributed by atoms with Crippen LogP contribution in [0, 0.1) is 0 Å². The van der Waals surface area contributed by atoms with E-state index in [1.807, 2.05) is 12.1 Å². The Morgan fingerprint density at radius 3 is 2.74 bits per heavy atom. The van der Waals surface area contributed by atoms with Crippen molar-refractivity contribution in [3.63, 3.8) is 0 Å². The Kier molecular flexibility index (Phi) is 4.60. The molecule has 0 N–H and O–H groups in total. The summed E-state index contributed by atoms with van der Waals surface area (Å²) in [5, 5.41) is 0.565. The van der Waals surface area contributed by atoms with Crippen LogP contribution in [0.1, 0.15) is 21.9 Å². The van der Waals surface area contributed by atoms with Gasteiger partial charge in [0.05, 0.1) is 0 Å². The molecule has 1 aromatic heterocycles. The zero-order valence-electron chi connectivity index (χ0n) is 10.4. The van der Waals surface area contributed by atoms with Gasteiger partial charge < -0.3 is 13.9 Å². The zero-order valence-corrected chi connectivity index (χ0v) is 11.1. The maximum atomic E-state index is 11.7. The molecule has 4 nitrogen and oxygen atoms in total. The Hall–Kier alpha value is -1.78. The second-order valence-corrected chi connectivity index (χ2v) is 4.27. The highest BCUT2D eigenvalue weighted by atomic mass is 35.5. The molecule has 0 aliphatic rings. The van der Waals surface area contributed by atoms with Crippen LogP contribution in [0.3, 0.4) is 0 Å². The van der Waals surface area contributed by atoms with E-state index >= 15 is 0 Å². The first-order valence-electron chi connectivity index (χ1n) is 5.69. The van der Waals surface area contributed by atoms with Gasteiger partial charge in [0.15, 0.2) is 0 Å². The Labute approximate surface area is 115 Å². The summed E-state index contributed by atoms with van der Waals surface area (Å²) in [4.78, 5) is 11.7. The number of carbonyl (C=O) groups excluding carboxylic acids is 1. The molecule has 2 rings (SSSR count). The fourth-order valence-electron chi connectivity index (χ4n) is 1.54.